The van der Waals surface area contributed by atoms with Crippen molar-refractivity contribution in [3.63, 3.8) is 0 Å². The molecule has 0 saturated heterocycles. The largest absolute Gasteiger partial charge is 0.489 e. The molecule has 0 radical (unpaired) electrons. The van der Waals surface area contributed by atoms with Crippen molar-refractivity contribution in [2.45, 2.75) is 32.5 Å². The summed E-state index contributed by atoms with van der Waals surface area (Å²) in [6.07, 6.45) is 5.48. The Hall–Kier alpha value is -3.28. The second-order valence-electron chi connectivity index (χ2n) is 7.10. The van der Waals surface area contributed by atoms with Crippen molar-refractivity contribution >= 4 is 5.97 Å². The van der Waals surface area contributed by atoms with Gasteiger partial charge in [-0.2, -0.15) is 0 Å². The Labute approximate surface area is 168 Å². The van der Waals surface area contributed by atoms with Crippen LogP contribution in [-0.2, 0) is 35.6 Å². The van der Waals surface area contributed by atoms with Crippen LogP contribution >= 0.6 is 0 Å². The van der Waals surface area contributed by atoms with Gasteiger partial charge in [0.1, 0.15) is 31.1 Å². The first kappa shape index (κ1) is 19.1. The molecule has 29 heavy (non-hydrogen) atoms. The minimum absolute atomic E-state index is 0.146. The highest BCUT2D eigenvalue weighted by Crippen LogP contribution is 2.24. The normalized spacial score (nSPS) is 15.4. The van der Waals surface area contributed by atoms with E-state index in [9.17, 15) is 9.18 Å². The lowest BCUT2D eigenvalue weighted by Crippen LogP contribution is -2.25. The maximum absolute atomic E-state index is 12.9. The molecule has 0 amide bonds. The Bertz CT molecular complexity index is 974. The van der Waals surface area contributed by atoms with Crippen molar-refractivity contribution in [1.82, 2.24) is 9.97 Å². The van der Waals surface area contributed by atoms with Gasteiger partial charge >= 0.3 is 5.97 Å². The van der Waals surface area contributed by atoms with Crippen LogP contribution in [0.4, 0.5) is 4.39 Å². The van der Waals surface area contributed by atoms with Crippen LogP contribution in [0.2, 0.25) is 0 Å². The lowest BCUT2D eigenvalue weighted by Gasteiger charge is -2.21. The number of carbonyl (C=O) groups is 1. The summed E-state index contributed by atoms with van der Waals surface area (Å²) in [4.78, 5) is 20.7. The Kier molecular flexibility index (Phi) is 5.79. The highest BCUT2D eigenvalue weighted by Gasteiger charge is 2.26. The first-order valence-corrected chi connectivity index (χ1v) is 9.58. The summed E-state index contributed by atoms with van der Waals surface area (Å²) in [5.41, 5.74) is 3.85. The second-order valence-corrected chi connectivity index (χ2v) is 7.10. The monoisotopic (exact) mass is 392 g/mol. The van der Waals surface area contributed by atoms with E-state index in [-0.39, 0.29) is 24.3 Å². The summed E-state index contributed by atoms with van der Waals surface area (Å²) in [6.45, 7) is 0.590. The number of aryl methyl sites for hydroxylation is 1. The van der Waals surface area contributed by atoms with Crippen LogP contribution in [0.15, 0.2) is 61.1 Å². The fraction of sp³-hybridized carbons (Fsp3) is 0.261. The number of esters is 1. The van der Waals surface area contributed by atoms with E-state index < -0.39 is 0 Å². The number of carbonyl (C=O) groups excluding carboxylic acids is 1. The molecule has 0 aliphatic heterocycles. The van der Waals surface area contributed by atoms with E-state index >= 15 is 0 Å². The number of rotatable bonds is 6. The maximum atomic E-state index is 12.9. The number of halogens is 1. The van der Waals surface area contributed by atoms with Crippen LogP contribution in [0.3, 0.4) is 0 Å². The van der Waals surface area contributed by atoms with E-state index in [0.29, 0.717) is 18.8 Å². The quantitative estimate of drug-likeness (QED) is 0.593. The molecule has 0 saturated carbocycles. The fourth-order valence-electron chi connectivity index (χ4n) is 3.36. The van der Waals surface area contributed by atoms with Gasteiger partial charge in [-0.05, 0) is 60.2 Å². The van der Waals surface area contributed by atoms with Gasteiger partial charge in [0, 0.05) is 11.9 Å². The minimum Gasteiger partial charge on any atom is -0.489 e. The third-order valence-electron chi connectivity index (χ3n) is 5.03. The highest BCUT2D eigenvalue weighted by molar-refractivity contribution is 5.73. The molecular weight excluding hydrogens is 371 g/mol. The van der Waals surface area contributed by atoms with E-state index in [1.165, 1.54) is 12.1 Å². The van der Waals surface area contributed by atoms with Gasteiger partial charge in [0.2, 0.25) is 0 Å². The predicted octanol–water partition coefficient (Wildman–Crippen LogP) is 4.04. The molecule has 1 aromatic heterocycles. The molecule has 1 unspecified atom stereocenters. The minimum atomic E-state index is -0.265. The van der Waals surface area contributed by atoms with Gasteiger partial charge in [-0.25, -0.2) is 14.4 Å². The van der Waals surface area contributed by atoms with Gasteiger partial charge in [0.25, 0.3) is 0 Å². The van der Waals surface area contributed by atoms with Crippen LogP contribution in [0, 0.1) is 11.7 Å². The SMILES string of the molecule is O=C(OCc1ccc(OCc2ccc(F)cc2)cc1)C1CCc2ncncc2C1. The standard InChI is InChI=1S/C23H21FN2O3/c24-20-6-1-16(2-7-20)13-28-21-8-3-17(4-9-21)14-29-23(27)18-5-10-22-19(11-18)12-25-15-26-22/h1-4,6-9,12,15,18H,5,10-11,13-14H2. The summed E-state index contributed by atoms with van der Waals surface area (Å²) >= 11 is 0. The molecule has 2 aromatic carbocycles. The molecule has 1 aliphatic carbocycles. The molecule has 3 aromatic rings. The second kappa shape index (κ2) is 8.82. The van der Waals surface area contributed by atoms with Crippen molar-refractivity contribution < 1.29 is 18.7 Å². The van der Waals surface area contributed by atoms with Gasteiger partial charge in [0.15, 0.2) is 0 Å². The zero-order chi connectivity index (χ0) is 20.1. The van der Waals surface area contributed by atoms with E-state index in [4.69, 9.17) is 9.47 Å². The lowest BCUT2D eigenvalue weighted by molar-refractivity contribution is -0.150. The number of benzene rings is 2. The molecule has 148 valence electrons. The van der Waals surface area contributed by atoms with E-state index in [2.05, 4.69) is 9.97 Å². The van der Waals surface area contributed by atoms with Crippen molar-refractivity contribution in [1.29, 1.82) is 0 Å². The summed E-state index contributed by atoms with van der Waals surface area (Å²) in [7, 11) is 0. The number of hydrogen-bond donors (Lipinski definition) is 0. The summed E-state index contributed by atoms with van der Waals surface area (Å²) in [5.74, 6) is 0.106. The van der Waals surface area contributed by atoms with Crippen molar-refractivity contribution in [2.24, 2.45) is 5.92 Å². The first-order chi connectivity index (χ1) is 14.2. The number of hydrogen-bond acceptors (Lipinski definition) is 5. The maximum Gasteiger partial charge on any atom is 0.309 e. The Morgan fingerprint density at radius 2 is 1.76 bits per heavy atom. The van der Waals surface area contributed by atoms with Gasteiger partial charge < -0.3 is 9.47 Å². The third kappa shape index (κ3) is 4.96. The van der Waals surface area contributed by atoms with Crippen molar-refractivity contribution in [3.05, 3.63) is 89.3 Å². The molecule has 0 bridgehead atoms. The van der Waals surface area contributed by atoms with Gasteiger partial charge in [0.05, 0.1) is 5.92 Å². The van der Waals surface area contributed by atoms with Crippen LogP contribution < -0.4 is 4.74 Å². The molecule has 1 heterocycles. The summed E-state index contributed by atoms with van der Waals surface area (Å²) < 4.78 is 24.1. The average Bonchev–Trinajstić information content (AvgIpc) is 2.77. The van der Waals surface area contributed by atoms with Gasteiger partial charge in [-0.15, -0.1) is 0 Å². The molecule has 1 atom stereocenters. The number of nitrogens with zero attached hydrogens (tertiary/aromatic N) is 2. The third-order valence-corrected chi connectivity index (χ3v) is 5.03. The molecule has 6 heteroatoms. The Morgan fingerprint density at radius 1 is 1.03 bits per heavy atom. The number of fused-ring (bicyclic) bond motifs is 1. The van der Waals surface area contributed by atoms with Gasteiger partial charge in [-0.3, -0.25) is 4.79 Å². The molecule has 0 spiro atoms. The smallest absolute Gasteiger partial charge is 0.309 e. The molecule has 0 fully saturated rings. The van der Waals surface area contributed by atoms with Crippen LogP contribution in [0.25, 0.3) is 0 Å². The zero-order valence-corrected chi connectivity index (χ0v) is 15.9. The Balaban J connectivity index is 1.26. The molecule has 5 nitrogen and oxygen atoms in total. The fourth-order valence-corrected chi connectivity index (χ4v) is 3.36. The van der Waals surface area contributed by atoms with Crippen LogP contribution in [0.5, 0.6) is 5.75 Å². The number of ether oxygens (including phenoxy) is 2. The summed E-state index contributed by atoms with van der Waals surface area (Å²) in [6, 6.07) is 13.6. The van der Waals surface area contributed by atoms with Crippen molar-refractivity contribution in [3.8, 4) is 5.75 Å². The topological polar surface area (TPSA) is 61.3 Å². The summed E-state index contributed by atoms with van der Waals surface area (Å²) in [5, 5.41) is 0. The van der Waals surface area contributed by atoms with E-state index in [1.807, 2.05) is 24.3 Å². The van der Waals surface area contributed by atoms with Gasteiger partial charge in [-0.1, -0.05) is 24.3 Å². The number of aromatic nitrogens is 2. The predicted molar refractivity (Wildman–Crippen MR) is 105 cm³/mol. The first-order valence-electron chi connectivity index (χ1n) is 9.58. The molecule has 0 N–H and O–H groups in total. The van der Waals surface area contributed by atoms with Crippen LogP contribution in [0.1, 0.15) is 28.8 Å². The van der Waals surface area contributed by atoms with Crippen LogP contribution in [-0.4, -0.2) is 15.9 Å². The average molecular weight is 392 g/mol. The van der Waals surface area contributed by atoms with E-state index in [1.54, 1.807) is 24.7 Å². The molecular formula is C23H21FN2O3. The molecule has 1 aliphatic rings. The zero-order valence-electron chi connectivity index (χ0n) is 15.9. The van der Waals surface area contributed by atoms with Crippen molar-refractivity contribution in [2.75, 3.05) is 0 Å². The molecule has 4 rings (SSSR count). The van der Waals surface area contributed by atoms with E-state index in [0.717, 1.165) is 35.2 Å². The lowest BCUT2D eigenvalue weighted by atomic mass is 9.87. The highest BCUT2D eigenvalue weighted by atomic mass is 19.1. The Morgan fingerprint density at radius 3 is 2.55 bits per heavy atom.